The Hall–Kier alpha value is -2.36. The molecule has 3 aromatic heterocycles. The minimum atomic E-state index is -0.276. The van der Waals surface area contributed by atoms with Crippen molar-refractivity contribution in [3.63, 3.8) is 0 Å². The predicted molar refractivity (Wildman–Crippen MR) is 114 cm³/mol. The van der Waals surface area contributed by atoms with Crippen LogP contribution in [0.15, 0.2) is 11.1 Å². The number of thiophene rings is 1. The molecule has 0 saturated carbocycles. The highest BCUT2D eigenvalue weighted by atomic mass is 32.1. The van der Waals surface area contributed by atoms with Crippen LogP contribution in [0, 0.1) is 6.92 Å². The summed E-state index contributed by atoms with van der Waals surface area (Å²) in [6.07, 6.45) is 2.24. The van der Waals surface area contributed by atoms with Crippen LogP contribution in [-0.2, 0) is 33.8 Å². The second-order valence-electron chi connectivity index (χ2n) is 8.51. The van der Waals surface area contributed by atoms with Crippen molar-refractivity contribution in [2.75, 3.05) is 26.3 Å². The Kier molecular flexibility index (Phi) is 4.64. The molecule has 30 heavy (non-hydrogen) atoms. The summed E-state index contributed by atoms with van der Waals surface area (Å²) in [6.45, 7) is 8.80. The van der Waals surface area contributed by atoms with Crippen LogP contribution in [0.2, 0.25) is 0 Å². The van der Waals surface area contributed by atoms with E-state index in [9.17, 15) is 9.59 Å². The van der Waals surface area contributed by atoms with Gasteiger partial charge >= 0.3 is 0 Å². The smallest absolute Gasteiger partial charge is 0.271 e. The van der Waals surface area contributed by atoms with Gasteiger partial charge in [-0.05, 0) is 26.3 Å². The number of amides is 1. The van der Waals surface area contributed by atoms with E-state index in [0.717, 1.165) is 27.9 Å². The fraction of sp³-hybridized carbons (Fsp3) is 0.524. The van der Waals surface area contributed by atoms with E-state index in [0.29, 0.717) is 43.1 Å². The van der Waals surface area contributed by atoms with Crippen LogP contribution >= 0.6 is 11.3 Å². The maximum Gasteiger partial charge on any atom is 0.271 e. The Balaban J connectivity index is 1.60. The van der Waals surface area contributed by atoms with Crippen molar-refractivity contribution in [3.8, 4) is 0 Å². The van der Waals surface area contributed by atoms with Gasteiger partial charge in [0.1, 0.15) is 16.1 Å². The molecular formula is C21H24N4O4S. The summed E-state index contributed by atoms with van der Waals surface area (Å²) in [5, 5.41) is 0.954. The molecule has 0 spiro atoms. The first-order valence-corrected chi connectivity index (χ1v) is 11.0. The van der Waals surface area contributed by atoms with Crippen molar-refractivity contribution in [2.45, 2.75) is 45.9 Å². The van der Waals surface area contributed by atoms with Gasteiger partial charge in [-0.1, -0.05) is 0 Å². The quantitative estimate of drug-likeness (QED) is 0.621. The molecule has 0 bridgehead atoms. The zero-order chi connectivity index (χ0) is 21.0. The third-order valence-electron chi connectivity index (χ3n) is 5.90. The fourth-order valence-corrected chi connectivity index (χ4v) is 5.38. The molecule has 0 unspecified atom stereocenters. The van der Waals surface area contributed by atoms with E-state index in [2.05, 4.69) is 18.8 Å². The highest BCUT2D eigenvalue weighted by Gasteiger charge is 2.31. The first-order valence-electron chi connectivity index (χ1n) is 10.1. The molecule has 1 amide bonds. The summed E-state index contributed by atoms with van der Waals surface area (Å²) in [6, 6.07) is 0. The van der Waals surface area contributed by atoms with Gasteiger partial charge in [-0.3, -0.25) is 14.2 Å². The van der Waals surface area contributed by atoms with Gasteiger partial charge in [-0.25, -0.2) is 9.97 Å². The van der Waals surface area contributed by atoms with E-state index >= 15 is 0 Å². The van der Waals surface area contributed by atoms with Crippen molar-refractivity contribution >= 4 is 37.7 Å². The molecule has 3 aromatic rings. The van der Waals surface area contributed by atoms with Crippen molar-refractivity contribution in [1.29, 1.82) is 0 Å². The maximum absolute atomic E-state index is 13.2. The largest absolute Gasteiger partial charge is 0.378 e. The zero-order valence-electron chi connectivity index (χ0n) is 17.4. The van der Waals surface area contributed by atoms with Gasteiger partial charge in [0, 0.05) is 36.2 Å². The molecule has 9 heteroatoms. The van der Waals surface area contributed by atoms with E-state index in [1.165, 1.54) is 27.8 Å². The first-order chi connectivity index (χ1) is 14.3. The second kappa shape index (κ2) is 7.11. The van der Waals surface area contributed by atoms with Gasteiger partial charge in [-0.2, -0.15) is 0 Å². The number of aromatic nitrogens is 3. The molecule has 2 aliphatic heterocycles. The van der Waals surface area contributed by atoms with E-state index in [-0.39, 0.29) is 23.6 Å². The lowest BCUT2D eigenvalue weighted by atomic mass is 9.89. The van der Waals surface area contributed by atoms with E-state index in [4.69, 9.17) is 14.5 Å². The van der Waals surface area contributed by atoms with Gasteiger partial charge < -0.3 is 14.4 Å². The zero-order valence-corrected chi connectivity index (χ0v) is 18.2. The van der Waals surface area contributed by atoms with Crippen LogP contribution in [0.1, 0.15) is 30.7 Å². The van der Waals surface area contributed by atoms with Crippen LogP contribution in [0.4, 0.5) is 0 Å². The van der Waals surface area contributed by atoms with Crippen molar-refractivity contribution in [3.05, 3.63) is 33.5 Å². The number of hydrogen-bond donors (Lipinski definition) is 0. The third-order valence-corrected chi connectivity index (χ3v) is 6.96. The molecule has 2 aliphatic rings. The number of fused-ring (bicyclic) bond motifs is 5. The van der Waals surface area contributed by atoms with E-state index in [1.54, 1.807) is 4.90 Å². The number of nitrogens with zero attached hydrogens (tertiary/aromatic N) is 4. The minimum absolute atomic E-state index is 0.0124. The summed E-state index contributed by atoms with van der Waals surface area (Å²) >= 11 is 1.36. The Morgan fingerprint density at radius 2 is 2.03 bits per heavy atom. The normalized spacial score (nSPS) is 18.7. The van der Waals surface area contributed by atoms with Gasteiger partial charge in [-0.15, -0.1) is 11.3 Å². The molecule has 0 radical (unpaired) electrons. The lowest BCUT2D eigenvalue weighted by Gasteiger charge is -2.32. The first kappa shape index (κ1) is 19.6. The average Bonchev–Trinajstić information content (AvgIpc) is 3.09. The number of carbonyl (C=O) groups excluding carboxylic acids is 1. The summed E-state index contributed by atoms with van der Waals surface area (Å²) in [5.41, 5.74) is 3.41. The molecule has 5 heterocycles. The fourth-order valence-electron chi connectivity index (χ4n) is 4.23. The van der Waals surface area contributed by atoms with Crippen LogP contribution in [-0.4, -0.2) is 57.2 Å². The molecule has 5 rings (SSSR count). The van der Waals surface area contributed by atoms with E-state index in [1.807, 2.05) is 6.92 Å². The van der Waals surface area contributed by atoms with Crippen LogP contribution in [0.5, 0.6) is 0 Å². The average molecular weight is 429 g/mol. The summed E-state index contributed by atoms with van der Waals surface area (Å²) < 4.78 is 13.2. The summed E-state index contributed by atoms with van der Waals surface area (Å²) in [4.78, 5) is 37.7. The van der Waals surface area contributed by atoms with Crippen LogP contribution in [0.25, 0.3) is 20.4 Å². The van der Waals surface area contributed by atoms with Crippen molar-refractivity contribution < 1.29 is 14.3 Å². The van der Waals surface area contributed by atoms with Gasteiger partial charge in [0.05, 0.1) is 37.3 Å². The Morgan fingerprint density at radius 1 is 1.27 bits per heavy atom. The number of carbonyl (C=O) groups is 1. The minimum Gasteiger partial charge on any atom is -0.378 e. The number of rotatable bonds is 2. The Morgan fingerprint density at radius 3 is 2.80 bits per heavy atom. The summed E-state index contributed by atoms with van der Waals surface area (Å²) in [7, 11) is 0. The molecule has 0 aliphatic carbocycles. The highest BCUT2D eigenvalue weighted by molar-refractivity contribution is 7.25. The van der Waals surface area contributed by atoms with Crippen molar-refractivity contribution in [1.82, 2.24) is 19.4 Å². The lowest BCUT2D eigenvalue weighted by Crippen LogP contribution is -2.43. The number of pyridine rings is 1. The Labute approximate surface area is 177 Å². The summed E-state index contributed by atoms with van der Waals surface area (Å²) in [5.74, 6) is -0.0899. The molecule has 158 valence electrons. The Bertz CT molecular complexity index is 1220. The number of morpholine rings is 1. The topological polar surface area (TPSA) is 86.6 Å². The molecule has 8 nitrogen and oxygen atoms in total. The monoisotopic (exact) mass is 428 g/mol. The standard InChI is InChI=1S/C21H24N4O4S/c1-12-14-10-29-21(2,3)8-13(14)16-17-18(30-19(16)23-12)20(27)25(11-22-17)9-15(26)24-4-6-28-7-5-24/h11H,4-10H2,1-3H3. The second-order valence-corrected chi connectivity index (χ2v) is 9.51. The number of hydrogen-bond acceptors (Lipinski definition) is 7. The van der Waals surface area contributed by atoms with Crippen molar-refractivity contribution in [2.24, 2.45) is 0 Å². The van der Waals surface area contributed by atoms with Gasteiger partial charge in [0.2, 0.25) is 5.91 Å². The third kappa shape index (κ3) is 3.21. The van der Waals surface area contributed by atoms with Crippen LogP contribution < -0.4 is 5.56 Å². The predicted octanol–water partition coefficient (Wildman–Crippen LogP) is 2.02. The molecular weight excluding hydrogens is 404 g/mol. The molecule has 0 atom stereocenters. The molecule has 1 fully saturated rings. The highest BCUT2D eigenvalue weighted by Crippen LogP contribution is 2.39. The SMILES string of the molecule is Cc1nc2sc3c(=O)n(CC(=O)N4CCOCC4)cnc3c2c2c1COC(C)(C)C2. The van der Waals surface area contributed by atoms with Gasteiger partial charge in [0.15, 0.2) is 0 Å². The van der Waals surface area contributed by atoms with Gasteiger partial charge in [0.25, 0.3) is 5.56 Å². The molecule has 1 saturated heterocycles. The lowest BCUT2D eigenvalue weighted by molar-refractivity contribution is -0.135. The molecule has 0 N–H and O–H groups in total. The number of aryl methyl sites for hydroxylation is 1. The van der Waals surface area contributed by atoms with Crippen LogP contribution in [0.3, 0.4) is 0 Å². The van der Waals surface area contributed by atoms with E-state index < -0.39 is 0 Å². The maximum atomic E-state index is 13.2. The molecule has 0 aromatic carbocycles. The number of ether oxygens (including phenoxy) is 2.